The molecular formula is C27H20F3N5O4. The van der Waals surface area contributed by atoms with Gasteiger partial charge < -0.3 is 9.84 Å². The molecule has 0 unspecified atom stereocenters. The first-order chi connectivity index (χ1) is 18.7. The highest BCUT2D eigenvalue weighted by molar-refractivity contribution is 5.92. The summed E-state index contributed by atoms with van der Waals surface area (Å²) in [5.74, 6) is -0.320. The van der Waals surface area contributed by atoms with Gasteiger partial charge in [-0.15, -0.1) is 0 Å². The van der Waals surface area contributed by atoms with Gasteiger partial charge in [0, 0.05) is 18.5 Å². The van der Waals surface area contributed by atoms with Crippen molar-refractivity contribution >= 4 is 22.5 Å². The molecule has 0 bridgehead atoms. The maximum Gasteiger partial charge on any atom is 0.418 e. The number of alkyl halides is 3. The maximum atomic E-state index is 13.4. The Kier molecular flexibility index (Phi) is 6.84. The molecular weight excluding hydrogens is 515 g/mol. The molecule has 2 aromatic heterocycles. The van der Waals surface area contributed by atoms with E-state index in [4.69, 9.17) is 4.52 Å². The van der Waals surface area contributed by atoms with Crippen LogP contribution in [0.2, 0.25) is 0 Å². The van der Waals surface area contributed by atoms with E-state index in [1.54, 1.807) is 24.3 Å². The summed E-state index contributed by atoms with van der Waals surface area (Å²) in [4.78, 5) is 43.6. The Morgan fingerprint density at radius 3 is 2.36 bits per heavy atom. The third-order valence-electron chi connectivity index (χ3n) is 5.99. The van der Waals surface area contributed by atoms with Crippen LogP contribution in [0.4, 0.5) is 18.9 Å². The van der Waals surface area contributed by atoms with E-state index in [-0.39, 0.29) is 29.8 Å². The van der Waals surface area contributed by atoms with Crippen LogP contribution in [0.1, 0.15) is 11.5 Å². The lowest BCUT2D eigenvalue weighted by Crippen LogP contribution is -2.42. The van der Waals surface area contributed by atoms with Gasteiger partial charge in [-0.25, -0.2) is 4.79 Å². The van der Waals surface area contributed by atoms with Crippen LogP contribution < -0.4 is 16.6 Å². The summed E-state index contributed by atoms with van der Waals surface area (Å²) in [6, 6.07) is 19.8. The average Bonchev–Trinajstić information content (AvgIpc) is 3.40. The van der Waals surface area contributed by atoms with E-state index >= 15 is 0 Å². The molecule has 1 amide bonds. The number of aryl methyl sites for hydroxylation is 1. The van der Waals surface area contributed by atoms with Crippen LogP contribution in [-0.4, -0.2) is 25.2 Å². The van der Waals surface area contributed by atoms with E-state index in [0.29, 0.717) is 5.82 Å². The maximum absolute atomic E-state index is 13.4. The summed E-state index contributed by atoms with van der Waals surface area (Å²) >= 11 is 0. The molecule has 0 aliphatic heterocycles. The molecule has 0 saturated heterocycles. The molecule has 5 aromatic rings. The number of halogens is 3. The summed E-state index contributed by atoms with van der Waals surface area (Å²) in [5.41, 5.74) is -1.94. The van der Waals surface area contributed by atoms with Gasteiger partial charge in [-0.05, 0) is 24.3 Å². The van der Waals surface area contributed by atoms with E-state index in [1.807, 2.05) is 18.2 Å². The average molecular weight is 535 g/mol. The molecule has 0 fully saturated rings. The molecule has 198 valence electrons. The molecule has 0 spiro atoms. The zero-order chi connectivity index (χ0) is 27.6. The molecule has 3 aromatic carbocycles. The van der Waals surface area contributed by atoms with Gasteiger partial charge in [-0.2, -0.15) is 18.2 Å². The predicted molar refractivity (Wildman–Crippen MR) is 136 cm³/mol. The summed E-state index contributed by atoms with van der Waals surface area (Å²) in [5, 5.41) is 6.32. The van der Waals surface area contributed by atoms with E-state index in [1.165, 1.54) is 24.3 Å². The van der Waals surface area contributed by atoms with Gasteiger partial charge in [0.25, 0.3) is 5.56 Å². The van der Waals surface area contributed by atoms with Crippen molar-refractivity contribution in [2.24, 2.45) is 0 Å². The van der Waals surface area contributed by atoms with Gasteiger partial charge in [-0.3, -0.25) is 18.7 Å². The van der Waals surface area contributed by atoms with Crippen LogP contribution in [0, 0.1) is 0 Å². The Hall–Kier alpha value is -5.00. The van der Waals surface area contributed by atoms with E-state index in [9.17, 15) is 27.6 Å². The SMILES string of the molecule is O=C(Cn1c(=O)n(CCc2nc(-c3ccccc3)no2)c(=O)c2ccccc21)Nc1ccccc1C(F)(F)F. The number of anilines is 1. The van der Waals surface area contributed by atoms with E-state index in [0.717, 1.165) is 26.8 Å². The number of aromatic nitrogens is 4. The molecule has 0 saturated carbocycles. The Morgan fingerprint density at radius 2 is 1.59 bits per heavy atom. The fourth-order valence-corrected chi connectivity index (χ4v) is 4.16. The second-order valence-corrected chi connectivity index (χ2v) is 8.56. The number of benzene rings is 3. The highest BCUT2D eigenvalue weighted by atomic mass is 19.4. The molecule has 2 heterocycles. The zero-order valence-electron chi connectivity index (χ0n) is 20.2. The van der Waals surface area contributed by atoms with Crippen LogP contribution in [0.5, 0.6) is 0 Å². The van der Waals surface area contributed by atoms with Gasteiger partial charge in [0.15, 0.2) is 0 Å². The normalized spacial score (nSPS) is 11.6. The van der Waals surface area contributed by atoms with Crippen molar-refractivity contribution in [3.05, 3.63) is 111 Å². The number of nitrogens with one attached hydrogen (secondary N) is 1. The highest BCUT2D eigenvalue weighted by Gasteiger charge is 2.33. The first-order valence-corrected chi connectivity index (χ1v) is 11.8. The lowest BCUT2D eigenvalue weighted by Gasteiger charge is -2.16. The molecule has 0 aliphatic carbocycles. The first-order valence-electron chi connectivity index (χ1n) is 11.8. The molecule has 5 rings (SSSR count). The van der Waals surface area contributed by atoms with Crippen molar-refractivity contribution in [1.82, 2.24) is 19.3 Å². The number of amides is 1. The van der Waals surface area contributed by atoms with Gasteiger partial charge in [-0.1, -0.05) is 59.8 Å². The molecule has 39 heavy (non-hydrogen) atoms. The van der Waals surface area contributed by atoms with Crippen molar-refractivity contribution < 1.29 is 22.5 Å². The fourth-order valence-electron chi connectivity index (χ4n) is 4.16. The van der Waals surface area contributed by atoms with Crippen LogP contribution in [-0.2, 0) is 30.5 Å². The molecule has 12 heteroatoms. The number of fused-ring (bicyclic) bond motifs is 1. The Labute approximate surface area is 218 Å². The van der Waals surface area contributed by atoms with Crippen molar-refractivity contribution in [3.63, 3.8) is 0 Å². The molecule has 9 nitrogen and oxygen atoms in total. The minimum Gasteiger partial charge on any atom is -0.339 e. The highest BCUT2D eigenvalue weighted by Crippen LogP contribution is 2.34. The molecule has 0 radical (unpaired) electrons. The second kappa shape index (κ2) is 10.4. The lowest BCUT2D eigenvalue weighted by atomic mass is 10.1. The zero-order valence-corrected chi connectivity index (χ0v) is 20.2. The third-order valence-corrected chi connectivity index (χ3v) is 5.99. The summed E-state index contributed by atoms with van der Waals surface area (Å²) in [6.07, 6.45) is -4.63. The molecule has 1 N–H and O–H groups in total. The number of hydrogen-bond donors (Lipinski definition) is 1. The summed E-state index contributed by atoms with van der Waals surface area (Å²) in [6.45, 7) is -0.748. The topological polar surface area (TPSA) is 112 Å². The summed E-state index contributed by atoms with van der Waals surface area (Å²) in [7, 11) is 0. The number of hydrogen-bond acceptors (Lipinski definition) is 6. The van der Waals surface area contributed by atoms with Crippen LogP contribution in [0.3, 0.4) is 0 Å². The van der Waals surface area contributed by atoms with Crippen LogP contribution in [0.25, 0.3) is 22.3 Å². The van der Waals surface area contributed by atoms with E-state index in [2.05, 4.69) is 15.5 Å². The van der Waals surface area contributed by atoms with Gasteiger partial charge in [0.1, 0.15) is 6.54 Å². The minimum absolute atomic E-state index is 0.0540. The van der Waals surface area contributed by atoms with Gasteiger partial charge in [0.05, 0.1) is 22.2 Å². The Morgan fingerprint density at radius 1 is 0.897 bits per heavy atom. The van der Waals surface area contributed by atoms with Crippen molar-refractivity contribution in [3.8, 4) is 11.4 Å². The number of carbonyl (C=O) groups excluding carboxylic acids is 1. The van der Waals surface area contributed by atoms with Gasteiger partial charge in [0.2, 0.25) is 17.6 Å². The molecule has 0 atom stereocenters. The smallest absolute Gasteiger partial charge is 0.339 e. The van der Waals surface area contributed by atoms with Gasteiger partial charge >= 0.3 is 11.9 Å². The number of nitrogens with zero attached hydrogens (tertiary/aromatic N) is 4. The number of rotatable bonds is 7. The van der Waals surface area contributed by atoms with E-state index < -0.39 is 41.1 Å². The van der Waals surface area contributed by atoms with Crippen molar-refractivity contribution in [2.45, 2.75) is 25.7 Å². The number of para-hydroxylation sites is 2. The van der Waals surface area contributed by atoms with Crippen molar-refractivity contribution in [1.29, 1.82) is 0 Å². The van der Waals surface area contributed by atoms with Crippen molar-refractivity contribution in [2.75, 3.05) is 5.32 Å². The first kappa shape index (κ1) is 25.6. The monoisotopic (exact) mass is 535 g/mol. The second-order valence-electron chi connectivity index (χ2n) is 8.56. The minimum atomic E-state index is -4.68. The summed E-state index contributed by atoms with van der Waals surface area (Å²) < 4.78 is 47.3. The largest absolute Gasteiger partial charge is 0.418 e. The predicted octanol–water partition coefficient (Wildman–Crippen LogP) is 4.11. The third kappa shape index (κ3) is 5.35. The lowest BCUT2D eigenvalue weighted by molar-refractivity contribution is -0.137. The van der Waals surface area contributed by atoms with Crippen LogP contribution >= 0.6 is 0 Å². The Bertz CT molecular complexity index is 1770. The number of carbonyl (C=O) groups is 1. The standard InChI is InChI=1S/C27H20F3N5O4/c28-27(29,30)19-11-5-6-12-20(19)31-22(36)16-35-21-13-7-4-10-18(21)25(37)34(26(35)38)15-14-23-32-24(33-39-23)17-8-2-1-3-9-17/h1-13H,14-16H2,(H,31,36). The Balaban J connectivity index is 1.44. The quantitative estimate of drug-likeness (QED) is 0.336. The fraction of sp³-hybridized carbons (Fsp3) is 0.148. The van der Waals surface area contributed by atoms with Crippen LogP contribution in [0.15, 0.2) is 93.0 Å². The molecule has 0 aliphatic rings.